The summed E-state index contributed by atoms with van der Waals surface area (Å²) < 4.78 is 0. The Balaban J connectivity index is 1.80. The summed E-state index contributed by atoms with van der Waals surface area (Å²) in [5.74, 6) is 0.675. The lowest BCUT2D eigenvalue weighted by atomic mass is 10.0. The van der Waals surface area contributed by atoms with Crippen LogP contribution in [0.1, 0.15) is 18.0 Å². The molecule has 0 saturated carbocycles. The van der Waals surface area contributed by atoms with Gasteiger partial charge in [-0.25, -0.2) is 4.99 Å². The van der Waals surface area contributed by atoms with Crippen LogP contribution in [0.2, 0.25) is 0 Å². The van der Waals surface area contributed by atoms with Crippen molar-refractivity contribution < 1.29 is 0 Å². The molecule has 0 amide bonds. The molecule has 1 aliphatic rings. The fourth-order valence-electron chi connectivity index (χ4n) is 2.60. The van der Waals surface area contributed by atoms with Gasteiger partial charge in [-0.2, -0.15) is 0 Å². The van der Waals surface area contributed by atoms with Gasteiger partial charge >= 0.3 is 0 Å². The third-order valence-corrected chi connectivity index (χ3v) is 3.98. The number of nitrogens with zero attached hydrogens (tertiary/aromatic N) is 1. The summed E-state index contributed by atoms with van der Waals surface area (Å²) in [4.78, 5) is 4.25. The van der Waals surface area contributed by atoms with Crippen molar-refractivity contribution in [1.29, 1.82) is 0 Å². The Labute approximate surface area is 135 Å². The number of halogens is 1. The van der Waals surface area contributed by atoms with E-state index in [2.05, 4.69) is 39.9 Å². The third kappa shape index (κ3) is 3.34. The molecule has 0 bridgehead atoms. The van der Waals surface area contributed by atoms with Gasteiger partial charge < -0.3 is 16.4 Å². The number of hydrogen-bond acceptors (Lipinski definition) is 3. The lowest BCUT2D eigenvalue weighted by Crippen LogP contribution is -2.12. The molecule has 2 aromatic rings. The van der Waals surface area contributed by atoms with Crippen LogP contribution >= 0.6 is 11.6 Å². The number of hydrogen-bond donors (Lipinski definition) is 3. The summed E-state index contributed by atoms with van der Waals surface area (Å²) in [7, 11) is 0. The average Bonchev–Trinajstić information content (AvgIpc) is 2.77. The highest BCUT2D eigenvalue weighted by Crippen LogP contribution is 2.31. The molecule has 114 valence electrons. The maximum atomic E-state index is 5.66. The van der Waals surface area contributed by atoms with E-state index in [1.54, 1.807) is 0 Å². The Morgan fingerprint density at radius 1 is 1.14 bits per heavy atom. The van der Waals surface area contributed by atoms with Gasteiger partial charge in [-0.05, 0) is 36.2 Å². The van der Waals surface area contributed by atoms with Crippen molar-refractivity contribution in [2.45, 2.75) is 12.5 Å². The summed E-state index contributed by atoms with van der Waals surface area (Å²) in [5.41, 5.74) is 10.0. The molecule has 4 nitrogen and oxygen atoms in total. The van der Waals surface area contributed by atoms with Crippen molar-refractivity contribution in [1.82, 2.24) is 0 Å². The van der Waals surface area contributed by atoms with Gasteiger partial charge in [-0.1, -0.05) is 24.3 Å². The van der Waals surface area contributed by atoms with Crippen LogP contribution in [-0.2, 0) is 0 Å². The number of fused-ring (bicyclic) bond motifs is 1. The largest absolute Gasteiger partial charge is 0.386 e. The summed E-state index contributed by atoms with van der Waals surface area (Å²) in [6.07, 6.45) is 1.01. The van der Waals surface area contributed by atoms with Crippen molar-refractivity contribution in [3.8, 4) is 0 Å². The van der Waals surface area contributed by atoms with Gasteiger partial charge in [-0.15, -0.1) is 11.6 Å². The minimum atomic E-state index is 0.244. The van der Waals surface area contributed by atoms with Crippen LogP contribution in [0.4, 0.5) is 17.1 Å². The highest BCUT2D eigenvalue weighted by Gasteiger charge is 2.16. The van der Waals surface area contributed by atoms with Crippen LogP contribution in [0.5, 0.6) is 0 Å². The first kappa shape index (κ1) is 14.7. The van der Waals surface area contributed by atoms with E-state index < -0.39 is 0 Å². The molecular weight excluding hydrogens is 296 g/mol. The number of anilines is 2. The lowest BCUT2D eigenvalue weighted by molar-refractivity contribution is 0.732. The molecule has 5 heteroatoms. The summed E-state index contributed by atoms with van der Waals surface area (Å²) in [6, 6.07) is 16.7. The van der Waals surface area contributed by atoms with Gasteiger partial charge in [0, 0.05) is 6.54 Å². The van der Waals surface area contributed by atoms with Crippen molar-refractivity contribution in [3.05, 3.63) is 54.1 Å². The molecule has 1 heterocycles. The second-order valence-electron chi connectivity index (χ2n) is 5.29. The Morgan fingerprint density at radius 2 is 1.86 bits per heavy atom. The van der Waals surface area contributed by atoms with E-state index in [1.807, 2.05) is 24.3 Å². The SMILES string of the molecule is NC(CCl)=Nc1ccc(C2CCNc3ccccc3N2)cc1. The Hall–Kier alpha value is -2.20. The van der Waals surface area contributed by atoms with Crippen LogP contribution in [0.15, 0.2) is 53.5 Å². The number of rotatable bonds is 3. The Morgan fingerprint density at radius 3 is 2.59 bits per heavy atom. The Kier molecular flexibility index (Phi) is 4.49. The fourth-order valence-corrected chi connectivity index (χ4v) is 2.66. The van der Waals surface area contributed by atoms with Crippen LogP contribution in [-0.4, -0.2) is 18.3 Å². The smallest absolute Gasteiger partial charge is 0.115 e. The number of amidine groups is 1. The van der Waals surface area contributed by atoms with Crippen molar-refractivity contribution in [2.24, 2.45) is 10.7 Å². The molecule has 4 N–H and O–H groups in total. The molecule has 0 fully saturated rings. The van der Waals surface area contributed by atoms with E-state index in [0.29, 0.717) is 5.84 Å². The van der Waals surface area contributed by atoms with E-state index in [1.165, 1.54) is 5.56 Å². The molecule has 22 heavy (non-hydrogen) atoms. The van der Waals surface area contributed by atoms with E-state index in [-0.39, 0.29) is 11.9 Å². The molecule has 0 aliphatic carbocycles. The van der Waals surface area contributed by atoms with E-state index in [0.717, 1.165) is 30.0 Å². The van der Waals surface area contributed by atoms with Crippen LogP contribution in [0.25, 0.3) is 0 Å². The van der Waals surface area contributed by atoms with Crippen molar-refractivity contribution in [2.75, 3.05) is 23.1 Å². The molecule has 3 rings (SSSR count). The van der Waals surface area contributed by atoms with Crippen LogP contribution in [0.3, 0.4) is 0 Å². The van der Waals surface area contributed by atoms with Gasteiger partial charge in [0.2, 0.25) is 0 Å². The van der Waals surface area contributed by atoms with E-state index >= 15 is 0 Å². The molecule has 1 unspecified atom stereocenters. The zero-order valence-electron chi connectivity index (χ0n) is 12.2. The maximum Gasteiger partial charge on any atom is 0.115 e. The molecule has 0 saturated heterocycles. The van der Waals surface area contributed by atoms with Gasteiger partial charge in [0.25, 0.3) is 0 Å². The van der Waals surface area contributed by atoms with Gasteiger partial charge in [0.1, 0.15) is 5.84 Å². The Bertz CT molecular complexity index is 667. The van der Waals surface area contributed by atoms with Gasteiger partial charge in [-0.3, -0.25) is 0 Å². The van der Waals surface area contributed by atoms with Crippen LogP contribution in [0, 0.1) is 0 Å². The standard InChI is InChI=1S/C17H19ClN4/c18-11-17(19)21-13-7-5-12(6-8-13)14-9-10-20-15-3-1-2-4-16(15)22-14/h1-8,14,20,22H,9-11H2,(H2,19,21). The predicted octanol–water partition coefficient (Wildman–Crippen LogP) is 3.88. The highest BCUT2D eigenvalue weighted by atomic mass is 35.5. The molecule has 0 aromatic heterocycles. The second kappa shape index (κ2) is 6.71. The molecule has 1 aliphatic heterocycles. The summed E-state index contributed by atoms with van der Waals surface area (Å²) >= 11 is 5.65. The highest BCUT2D eigenvalue weighted by molar-refractivity contribution is 6.28. The monoisotopic (exact) mass is 314 g/mol. The molecule has 1 atom stereocenters. The topological polar surface area (TPSA) is 62.4 Å². The predicted molar refractivity (Wildman–Crippen MR) is 94.4 cm³/mol. The molecule has 2 aromatic carbocycles. The first-order chi connectivity index (χ1) is 10.8. The average molecular weight is 315 g/mol. The number of alkyl halides is 1. The molecular formula is C17H19ClN4. The van der Waals surface area contributed by atoms with Gasteiger partial charge in [0.15, 0.2) is 0 Å². The fraction of sp³-hybridized carbons (Fsp3) is 0.235. The lowest BCUT2D eigenvalue weighted by Gasteiger charge is -2.18. The zero-order chi connectivity index (χ0) is 15.4. The molecule has 0 radical (unpaired) electrons. The van der Waals surface area contributed by atoms with E-state index in [4.69, 9.17) is 17.3 Å². The van der Waals surface area contributed by atoms with Crippen LogP contribution < -0.4 is 16.4 Å². The number of aliphatic imine (C=N–C) groups is 1. The first-order valence-electron chi connectivity index (χ1n) is 7.34. The summed E-state index contributed by atoms with van der Waals surface area (Å²) in [6.45, 7) is 0.938. The quantitative estimate of drug-likeness (QED) is 0.457. The third-order valence-electron chi connectivity index (χ3n) is 3.71. The normalized spacial score (nSPS) is 17.9. The second-order valence-corrected chi connectivity index (χ2v) is 5.55. The number of nitrogens with one attached hydrogen (secondary N) is 2. The zero-order valence-corrected chi connectivity index (χ0v) is 13.0. The first-order valence-corrected chi connectivity index (χ1v) is 7.88. The van der Waals surface area contributed by atoms with Crippen molar-refractivity contribution in [3.63, 3.8) is 0 Å². The number of benzene rings is 2. The maximum absolute atomic E-state index is 5.66. The molecule has 0 spiro atoms. The summed E-state index contributed by atoms with van der Waals surface area (Å²) in [5, 5.41) is 7.06. The van der Waals surface area contributed by atoms with Gasteiger partial charge in [0.05, 0.1) is 29.0 Å². The van der Waals surface area contributed by atoms with Crippen molar-refractivity contribution >= 4 is 34.5 Å². The minimum Gasteiger partial charge on any atom is -0.386 e. The number of nitrogens with two attached hydrogens (primary N) is 1. The minimum absolute atomic E-state index is 0.244. The van der Waals surface area contributed by atoms with E-state index in [9.17, 15) is 0 Å². The number of para-hydroxylation sites is 2.